The molecule has 1 aromatic rings. The molecule has 1 aromatic heterocycles. The number of rotatable bonds is 7. The van der Waals surface area contributed by atoms with Crippen LogP contribution in [0.4, 0.5) is 0 Å². The molecule has 1 atom stereocenters. The third kappa shape index (κ3) is 5.32. The first-order valence-electron chi connectivity index (χ1n) is 10.6. The Morgan fingerprint density at radius 1 is 1.19 bits per heavy atom. The van der Waals surface area contributed by atoms with Crippen LogP contribution in [-0.4, -0.2) is 59.0 Å². The van der Waals surface area contributed by atoms with Gasteiger partial charge in [0.25, 0.3) is 0 Å². The van der Waals surface area contributed by atoms with Crippen molar-refractivity contribution >= 4 is 5.91 Å². The summed E-state index contributed by atoms with van der Waals surface area (Å²) in [5.41, 5.74) is 0. The number of amides is 1. The maximum Gasteiger partial charge on any atom is 0.222 e. The van der Waals surface area contributed by atoms with Crippen LogP contribution in [0.2, 0.25) is 0 Å². The number of hydrogen-bond acceptors (Lipinski definition) is 3. The lowest BCUT2D eigenvalue weighted by atomic mass is 9.86. The van der Waals surface area contributed by atoms with Crippen LogP contribution in [0, 0.1) is 5.92 Å². The molecule has 1 amide bonds. The molecule has 146 valence electrons. The maximum atomic E-state index is 12.7. The highest BCUT2D eigenvalue weighted by Gasteiger charge is 2.27. The zero-order valence-corrected chi connectivity index (χ0v) is 16.7. The molecule has 0 spiro atoms. The van der Waals surface area contributed by atoms with Crippen LogP contribution < -0.4 is 0 Å². The zero-order chi connectivity index (χ0) is 18.4. The summed E-state index contributed by atoms with van der Waals surface area (Å²) in [6, 6.07) is 0. The molecule has 1 saturated carbocycles. The van der Waals surface area contributed by atoms with Crippen LogP contribution in [0.3, 0.4) is 0 Å². The van der Waals surface area contributed by atoms with E-state index in [9.17, 15) is 4.79 Å². The largest absolute Gasteiger partial charge is 0.342 e. The van der Waals surface area contributed by atoms with Crippen LogP contribution in [0.15, 0.2) is 12.4 Å². The van der Waals surface area contributed by atoms with Gasteiger partial charge < -0.3 is 14.4 Å². The number of carbonyl (C=O) groups excluding carboxylic acids is 1. The van der Waals surface area contributed by atoms with Crippen molar-refractivity contribution in [1.82, 2.24) is 19.4 Å². The third-order valence-electron chi connectivity index (χ3n) is 6.17. The summed E-state index contributed by atoms with van der Waals surface area (Å²) in [6.45, 7) is 3.76. The molecule has 5 heteroatoms. The molecular formula is C21H36N4O. The van der Waals surface area contributed by atoms with Gasteiger partial charge in [0.1, 0.15) is 5.82 Å². The minimum absolute atomic E-state index is 0.367. The van der Waals surface area contributed by atoms with Gasteiger partial charge in [-0.25, -0.2) is 4.98 Å². The summed E-state index contributed by atoms with van der Waals surface area (Å²) in [5.74, 6) is 2.71. The quantitative estimate of drug-likeness (QED) is 0.747. The number of imidazole rings is 1. The number of piperidine rings is 1. The highest BCUT2D eigenvalue weighted by molar-refractivity contribution is 5.76. The molecule has 0 aromatic carbocycles. The monoisotopic (exact) mass is 360 g/mol. The SMILES string of the molecule is CN(C)CCn1ccnc1[C@H]1CCCN(C(=O)CCC2CCCCC2)C1. The first-order chi connectivity index (χ1) is 12.6. The van der Waals surface area contributed by atoms with Gasteiger partial charge >= 0.3 is 0 Å². The molecular weight excluding hydrogens is 324 g/mol. The molecule has 0 unspecified atom stereocenters. The van der Waals surface area contributed by atoms with Crippen LogP contribution in [0.25, 0.3) is 0 Å². The fourth-order valence-electron chi connectivity index (χ4n) is 4.55. The van der Waals surface area contributed by atoms with Crippen molar-refractivity contribution < 1.29 is 4.79 Å². The summed E-state index contributed by atoms with van der Waals surface area (Å²) >= 11 is 0. The summed E-state index contributed by atoms with van der Waals surface area (Å²) in [7, 11) is 4.20. The zero-order valence-electron chi connectivity index (χ0n) is 16.7. The molecule has 1 aliphatic carbocycles. The van der Waals surface area contributed by atoms with Gasteiger partial charge in [-0.3, -0.25) is 4.79 Å². The summed E-state index contributed by atoms with van der Waals surface area (Å²) in [4.78, 5) is 21.7. The summed E-state index contributed by atoms with van der Waals surface area (Å²) in [6.07, 6.45) is 14.9. The van der Waals surface area contributed by atoms with Crippen LogP contribution >= 0.6 is 0 Å². The molecule has 0 radical (unpaired) electrons. The summed E-state index contributed by atoms with van der Waals surface area (Å²) in [5, 5.41) is 0. The molecule has 1 aliphatic heterocycles. The third-order valence-corrected chi connectivity index (χ3v) is 6.17. The van der Waals surface area contributed by atoms with E-state index in [1.54, 1.807) is 0 Å². The standard InChI is InChI=1S/C21H36N4O/c1-23(2)15-16-24-14-12-22-21(24)19-9-6-13-25(17-19)20(26)11-10-18-7-4-3-5-8-18/h12,14,18-19H,3-11,13,15-17H2,1-2H3/t19-/m0/s1. The molecule has 1 saturated heterocycles. The summed E-state index contributed by atoms with van der Waals surface area (Å²) < 4.78 is 2.28. The van der Waals surface area contributed by atoms with Gasteiger partial charge in [-0.05, 0) is 39.3 Å². The molecule has 2 fully saturated rings. The van der Waals surface area contributed by atoms with E-state index in [-0.39, 0.29) is 0 Å². The number of carbonyl (C=O) groups is 1. The van der Waals surface area contributed by atoms with E-state index < -0.39 is 0 Å². The second-order valence-electron chi connectivity index (χ2n) is 8.50. The van der Waals surface area contributed by atoms with Crippen LogP contribution in [0.5, 0.6) is 0 Å². The Kier molecular flexibility index (Phi) is 7.12. The highest BCUT2D eigenvalue weighted by atomic mass is 16.2. The normalized spacial score (nSPS) is 22.1. The van der Waals surface area contributed by atoms with Crippen molar-refractivity contribution in [3.63, 3.8) is 0 Å². The van der Waals surface area contributed by atoms with Crippen molar-refractivity contribution in [3.8, 4) is 0 Å². The molecule has 5 nitrogen and oxygen atoms in total. The van der Waals surface area contributed by atoms with E-state index >= 15 is 0 Å². The molecule has 0 bridgehead atoms. The van der Waals surface area contributed by atoms with Crippen molar-refractivity contribution in [3.05, 3.63) is 18.2 Å². The number of likely N-dealkylation sites (N-methyl/N-ethyl adjacent to an activating group) is 1. The Bertz CT molecular complexity index is 562. The minimum Gasteiger partial charge on any atom is -0.342 e. The number of aromatic nitrogens is 2. The maximum absolute atomic E-state index is 12.7. The lowest BCUT2D eigenvalue weighted by Crippen LogP contribution is -2.40. The van der Waals surface area contributed by atoms with Gasteiger partial charge in [0, 0.05) is 50.9 Å². The van der Waals surface area contributed by atoms with Gasteiger partial charge in [0.2, 0.25) is 5.91 Å². The topological polar surface area (TPSA) is 41.4 Å². The predicted octanol–water partition coefficient (Wildman–Crippen LogP) is 3.51. The number of likely N-dealkylation sites (tertiary alicyclic amines) is 1. The van der Waals surface area contributed by atoms with Crippen molar-refractivity contribution in [2.45, 2.75) is 70.3 Å². The fraction of sp³-hybridized carbons (Fsp3) is 0.810. The second kappa shape index (κ2) is 9.54. The van der Waals surface area contributed by atoms with E-state index in [0.717, 1.165) is 63.6 Å². The molecule has 0 N–H and O–H groups in total. The number of hydrogen-bond donors (Lipinski definition) is 0. The van der Waals surface area contributed by atoms with Crippen molar-refractivity contribution in [2.75, 3.05) is 33.7 Å². The molecule has 26 heavy (non-hydrogen) atoms. The smallest absolute Gasteiger partial charge is 0.222 e. The van der Waals surface area contributed by atoms with E-state index in [2.05, 4.69) is 39.6 Å². The Morgan fingerprint density at radius 2 is 2.00 bits per heavy atom. The van der Waals surface area contributed by atoms with Crippen molar-refractivity contribution in [2.24, 2.45) is 5.92 Å². The highest BCUT2D eigenvalue weighted by Crippen LogP contribution is 2.29. The Balaban J connectivity index is 1.52. The molecule has 2 heterocycles. The van der Waals surface area contributed by atoms with Crippen LogP contribution in [0.1, 0.15) is 69.5 Å². The van der Waals surface area contributed by atoms with Gasteiger partial charge in [-0.2, -0.15) is 0 Å². The molecule has 3 rings (SSSR count). The second-order valence-corrected chi connectivity index (χ2v) is 8.50. The van der Waals surface area contributed by atoms with Gasteiger partial charge in [0.05, 0.1) is 0 Å². The van der Waals surface area contributed by atoms with Gasteiger partial charge in [-0.15, -0.1) is 0 Å². The lowest BCUT2D eigenvalue weighted by molar-refractivity contribution is -0.132. The fourth-order valence-corrected chi connectivity index (χ4v) is 4.55. The number of nitrogens with zero attached hydrogens (tertiary/aromatic N) is 4. The average molecular weight is 361 g/mol. The average Bonchev–Trinajstić information content (AvgIpc) is 3.14. The van der Waals surface area contributed by atoms with Gasteiger partial charge in [0.15, 0.2) is 0 Å². The Hall–Kier alpha value is -1.36. The van der Waals surface area contributed by atoms with Crippen LogP contribution in [-0.2, 0) is 11.3 Å². The Labute approximate surface area is 158 Å². The van der Waals surface area contributed by atoms with E-state index in [4.69, 9.17) is 0 Å². The minimum atomic E-state index is 0.367. The van der Waals surface area contributed by atoms with E-state index in [0.29, 0.717) is 11.8 Å². The first kappa shape index (κ1) is 19.4. The van der Waals surface area contributed by atoms with E-state index in [1.165, 1.54) is 32.1 Å². The van der Waals surface area contributed by atoms with Gasteiger partial charge in [-0.1, -0.05) is 32.1 Å². The van der Waals surface area contributed by atoms with Crippen molar-refractivity contribution in [1.29, 1.82) is 0 Å². The van der Waals surface area contributed by atoms with E-state index in [1.807, 2.05) is 6.20 Å². The Morgan fingerprint density at radius 3 is 2.77 bits per heavy atom. The predicted molar refractivity (Wildman–Crippen MR) is 105 cm³/mol. The first-order valence-corrected chi connectivity index (χ1v) is 10.6. The molecule has 2 aliphatic rings. The lowest BCUT2D eigenvalue weighted by Gasteiger charge is -2.33.